The standard InChI is InChI=1S/C17H33N3O.HI/c1-17(2,3)15-13(8-7-11-21-15)12-19-16(18)20-14-9-5-4-6-10-14;/h13-15H,4-12H2,1-3H3,(H3,18,19,20);1H. The summed E-state index contributed by atoms with van der Waals surface area (Å²) >= 11 is 0. The molecule has 1 saturated carbocycles. The zero-order chi connectivity index (χ0) is 15.3. The smallest absolute Gasteiger partial charge is 0.188 e. The molecule has 1 heterocycles. The van der Waals surface area contributed by atoms with E-state index in [1.54, 1.807) is 0 Å². The summed E-state index contributed by atoms with van der Waals surface area (Å²) in [6.07, 6.45) is 9.08. The Balaban J connectivity index is 0.00000242. The summed E-state index contributed by atoms with van der Waals surface area (Å²) < 4.78 is 6.01. The number of nitrogens with one attached hydrogen (secondary N) is 1. The van der Waals surface area contributed by atoms with Crippen LogP contribution in [-0.4, -0.2) is 31.3 Å². The molecule has 2 atom stereocenters. The van der Waals surface area contributed by atoms with Crippen LogP contribution in [0.1, 0.15) is 65.7 Å². The molecule has 0 amide bonds. The van der Waals surface area contributed by atoms with Gasteiger partial charge in [-0.05, 0) is 31.1 Å². The maximum Gasteiger partial charge on any atom is 0.188 e. The van der Waals surface area contributed by atoms with E-state index in [-0.39, 0.29) is 35.5 Å². The molecule has 130 valence electrons. The third kappa shape index (κ3) is 6.22. The van der Waals surface area contributed by atoms with Crippen molar-refractivity contribution in [1.29, 1.82) is 0 Å². The lowest BCUT2D eigenvalue weighted by Gasteiger charge is -2.39. The summed E-state index contributed by atoms with van der Waals surface area (Å²) in [6.45, 7) is 8.43. The zero-order valence-electron chi connectivity index (χ0n) is 14.4. The van der Waals surface area contributed by atoms with E-state index in [0.29, 0.717) is 17.9 Å². The Morgan fingerprint density at radius 2 is 1.82 bits per heavy atom. The first kappa shape index (κ1) is 20.0. The van der Waals surface area contributed by atoms with Crippen molar-refractivity contribution in [3.63, 3.8) is 0 Å². The van der Waals surface area contributed by atoms with Gasteiger partial charge in [0.25, 0.3) is 0 Å². The molecule has 0 aromatic heterocycles. The van der Waals surface area contributed by atoms with Crippen LogP contribution in [0.5, 0.6) is 0 Å². The van der Waals surface area contributed by atoms with Crippen molar-refractivity contribution in [2.75, 3.05) is 13.2 Å². The van der Waals surface area contributed by atoms with Gasteiger partial charge in [-0.25, -0.2) is 0 Å². The van der Waals surface area contributed by atoms with E-state index in [1.807, 2.05) is 0 Å². The van der Waals surface area contributed by atoms with Crippen molar-refractivity contribution in [3.05, 3.63) is 0 Å². The van der Waals surface area contributed by atoms with Gasteiger partial charge in [0, 0.05) is 25.1 Å². The molecule has 2 aliphatic rings. The minimum atomic E-state index is 0. The van der Waals surface area contributed by atoms with Gasteiger partial charge in [-0.3, -0.25) is 4.99 Å². The van der Waals surface area contributed by atoms with Crippen molar-refractivity contribution < 1.29 is 4.74 Å². The predicted molar refractivity (Wildman–Crippen MR) is 104 cm³/mol. The number of nitrogens with zero attached hydrogens (tertiary/aromatic N) is 1. The van der Waals surface area contributed by atoms with Crippen molar-refractivity contribution in [1.82, 2.24) is 5.32 Å². The van der Waals surface area contributed by atoms with Gasteiger partial charge in [-0.2, -0.15) is 0 Å². The highest BCUT2D eigenvalue weighted by Crippen LogP contribution is 2.34. The monoisotopic (exact) mass is 423 g/mol. The molecular formula is C17H34IN3O. The van der Waals surface area contributed by atoms with Crippen LogP contribution < -0.4 is 11.1 Å². The third-order valence-corrected chi connectivity index (χ3v) is 4.75. The SMILES string of the molecule is CC(C)(C)C1OCCCC1CN=C(N)NC1CCCCC1.I. The van der Waals surface area contributed by atoms with Gasteiger partial charge < -0.3 is 15.8 Å². The molecule has 2 fully saturated rings. The second-order valence-corrected chi connectivity index (χ2v) is 7.76. The van der Waals surface area contributed by atoms with Gasteiger partial charge in [0.15, 0.2) is 5.96 Å². The van der Waals surface area contributed by atoms with Gasteiger partial charge >= 0.3 is 0 Å². The van der Waals surface area contributed by atoms with E-state index >= 15 is 0 Å². The molecule has 1 aliphatic carbocycles. The van der Waals surface area contributed by atoms with E-state index in [2.05, 4.69) is 31.1 Å². The number of rotatable bonds is 3. The number of nitrogens with two attached hydrogens (primary N) is 1. The van der Waals surface area contributed by atoms with E-state index < -0.39 is 0 Å². The summed E-state index contributed by atoms with van der Waals surface area (Å²) in [5.41, 5.74) is 6.25. The first-order valence-corrected chi connectivity index (χ1v) is 8.65. The maximum atomic E-state index is 6.07. The predicted octanol–water partition coefficient (Wildman–Crippen LogP) is 3.68. The molecule has 0 spiro atoms. The second-order valence-electron chi connectivity index (χ2n) is 7.76. The Morgan fingerprint density at radius 3 is 2.45 bits per heavy atom. The van der Waals surface area contributed by atoms with Crippen LogP contribution in [-0.2, 0) is 4.74 Å². The van der Waals surface area contributed by atoms with Crippen LogP contribution in [0.25, 0.3) is 0 Å². The fourth-order valence-corrected chi connectivity index (χ4v) is 3.70. The molecule has 2 rings (SSSR count). The van der Waals surface area contributed by atoms with Gasteiger partial charge in [0.2, 0.25) is 0 Å². The van der Waals surface area contributed by atoms with E-state index in [1.165, 1.54) is 38.5 Å². The largest absolute Gasteiger partial charge is 0.377 e. The van der Waals surface area contributed by atoms with Crippen LogP contribution in [0, 0.1) is 11.3 Å². The molecule has 0 radical (unpaired) electrons. The Morgan fingerprint density at radius 1 is 1.14 bits per heavy atom. The average molecular weight is 423 g/mol. The minimum Gasteiger partial charge on any atom is -0.377 e. The number of aliphatic imine (C=N–C) groups is 1. The summed E-state index contributed by atoms with van der Waals surface area (Å²) in [4.78, 5) is 4.61. The highest BCUT2D eigenvalue weighted by atomic mass is 127. The Hall–Kier alpha value is -0.0400. The molecule has 0 bridgehead atoms. The van der Waals surface area contributed by atoms with Crippen molar-refractivity contribution in [3.8, 4) is 0 Å². The summed E-state index contributed by atoms with van der Waals surface area (Å²) in [5.74, 6) is 1.12. The first-order valence-electron chi connectivity index (χ1n) is 8.65. The van der Waals surface area contributed by atoms with Crippen LogP contribution in [0.2, 0.25) is 0 Å². The average Bonchev–Trinajstić information content (AvgIpc) is 2.45. The normalized spacial score (nSPS) is 28.0. The van der Waals surface area contributed by atoms with E-state index in [4.69, 9.17) is 10.5 Å². The summed E-state index contributed by atoms with van der Waals surface area (Å²) in [5, 5.41) is 3.40. The van der Waals surface area contributed by atoms with Gasteiger partial charge in [0.05, 0.1) is 6.10 Å². The molecule has 0 aromatic carbocycles. The van der Waals surface area contributed by atoms with Crippen LogP contribution in [0.3, 0.4) is 0 Å². The van der Waals surface area contributed by atoms with Crippen molar-refractivity contribution >= 4 is 29.9 Å². The van der Waals surface area contributed by atoms with E-state index in [0.717, 1.165) is 19.6 Å². The van der Waals surface area contributed by atoms with E-state index in [9.17, 15) is 0 Å². The fourth-order valence-electron chi connectivity index (χ4n) is 3.70. The number of guanidine groups is 1. The zero-order valence-corrected chi connectivity index (χ0v) is 16.8. The second kappa shape index (κ2) is 9.30. The molecule has 1 saturated heterocycles. The number of ether oxygens (including phenoxy) is 1. The first-order chi connectivity index (χ1) is 9.97. The Labute approximate surface area is 153 Å². The lowest BCUT2D eigenvalue weighted by Crippen LogP contribution is -2.43. The topological polar surface area (TPSA) is 59.6 Å². The Bertz CT molecular complexity index is 348. The van der Waals surface area contributed by atoms with Crippen molar-refractivity contribution in [2.24, 2.45) is 22.1 Å². The van der Waals surface area contributed by atoms with Crippen LogP contribution in [0.15, 0.2) is 4.99 Å². The summed E-state index contributed by atoms with van der Waals surface area (Å²) in [6, 6.07) is 0.531. The Kier molecular flexibility index (Phi) is 8.46. The quantitative estimate of drug-likeness (QED) is 0.414. The molecular weight excluding hydrogens is 389 g/mol. The van der Waals surface area contributed by atoms with Gasteiger partial charge in [-0.15, -0.1) is 24.0 Å². The summed E-state index contributed by atoms with van der Waals surface area (Å²) in [7, 11) is 0. The lowest BCUT2D eigenvalue weighted by atomic mass is 9.78. The number of hydrogen-bond acceptors (Lipinski definition) is 2. The third-order valence-electron chi connectivity index (χ3n) is 4.75. The molecule has 3 N–H and O–H groups in total. The maximum absolute atomic E-state index is 6.07. The lowest BCUT2D eigenvalue weighted by molar-refractivity contribution is -0.0823. The minimum absolute atomic E-state index is 0. The fraction of sp³-hybridized carbons (Fsp3) is 0.941. The van der Waals surface area contributed by atoms with Crippen LogP contribution in [0.4, 0.5) is 0 Å². The molecule has 4 nitrogen and oxygen atoms in total. The highest BCUT2D eigenvalue weighted by molar-refractivity contribution is 14.0. The molecule has 5 heteroatoms. The van der Waals surface area contributed by atoms with Gasteiger partial charge in [-0.1, -0.05) is 40.0 Å². The molecule has 1 aliphatic heterocycles. The molecule has 22 heavy (non-hydrogen) atoms. The van der Waals surface area contributed by atoms with Gasteiger partial charge in [0.1, 0.15) is 0 Å². The number of halogens is 1. The number of hydrogen-bond donors (Lipinski definition) is 2. The highest BCUT2D eigenvalue weighted by Gasteiger charge is 2.35. The van der Waals surface area contributed by atoms with Crippen LogP contribution >= 0.6 is 24.0 Å². The molecule has 2 unspecified atom stereocenters. The van der Waals surface area contributed by atoms with Crippen molar-refractivity contribution in [2.45, 2.75) is 77.9 Å². The molecule has 0 aromatic rings.